The molecule has 0 radical (unpaired) electrons. The molecule has 1 unspecified atom stereocenters. The smallest absolute Gasteiger partial charge is 0.251 e. The monoisotopic (exact) mass is 422 g/mol. The number of fused-ring (bicyclic) bond motifs is 3. The van der Waals surface area contributed by atoms with Crippen LogP contribution in [0.2, 0.25) is 0 Å². The molecule has 2 N–H and O–H groups in total. The van der Waals surface area contributed by atoms with Crippen LogP contribution in [0.1, 0.15) is 41.7 Å². The Morgan fingerprint density at radius 2 is 2.03 bits per heavy atom. The highest BCUT2D eigenvalue weighted by Gasteiger charge is 2.40. The number of hydrogen-bond donors (Lipinski definition) is 2. The second-order valence-corrected chi connectivity index (χ2v) is 8.72. The Hall–Kier alpha value is -2.48. The van der Waals surface area contributed by atoms with Crippen molar-refractivity contribution < 1.29 is 14.3 Å². The van der Waals surface area contributed by atoms with Crippen LogP contribution in [-0.4, -0.2) is 60.7 Å². The van der Waals surface area contributed by atoms with Crippen molar-refractivity contribution in [1.82, 2.24) is 20.5 Å². The SMILES string of the molecule is C[C@H]1[C@H](NC(=O)c2ccc(Oc3ncccc3C3COCCN3)cc2)C2CCN1CC2. The lowest BCUT2D eigenvalue weighted by Crippen LogP contribution is -2.62. The number of rotatable bonds is 5. The highest BCUT2D eigenvalue weighted by atomic mass is 16.5. The van der Waals surface area contributed by atoms with E-state index in [1.165, 1.54) is 12.8 Å². The number of hydrogen-bond acceptors (Lipinski definition) is 6. The maximum Gasteiger partial charge on any atom is 0.251 e. The van der Waals surface area contributed by atoms with Crippen molar-refractivity contribution in [1.29, 1.82) is 0 Å². The van der Waals surface area contributed by atoms with E-state index in [1.54, 1.807) is 6.20 Å². The minimum Gasteiger partial charge on any atom is -0.439 e. The van der Waals surface area contributed by atoms with Gasteiger partial charge >= 0.3 is 0 Å². The number of nitrogens with one attached hydrogen (secondary N) is 2. The summed E-state index contributed by atoms with van der Waals surface area (Å²) in [5, 5.41) is 6.72. The van der Waals surface area contributed by atoms with Gasteiger partial charge in [0.15, 0.2) is 0 Å². The summed E-state index contributed by atoms with van der Waals surface area (Å²) in [6.45, 7) is 6.66. The molecule has 4 aliphatic heterocycles. The third kappa shape index (κ3) is 4.31. The van der Waals surface area contributed by atoms with Gasteiger partial charge in [-0.2, -0.15) is 0 Å². The van der Waals surface area contributed by atoms with Crippen LogP contribution in [0, 0.1) is 5.92 Å². The highest BCUT2D eigenvalue weighted by Crippen LogP contribution is 2.32. The van der Waals surface area contributed by atoms with Gasteiger partial charge in [0.05, 0.1) is 19.3 Å². The fourth-order valence-electron chi connectivity index (χ4n) is 5.08. The normalized spacial score (nSPS) is 30.0. The van der Waals surface area contributed by atoms with Crippen LogP contribution in [0.5, 0.6) is 11.6 Å². The molecule has 1 aromatic heterocycles. The standard InChI is InChI=1S/C24H30N4O3/c1-16-22(17-8-12-28(16)13-9-17)27-23(29)18-4-6-19(7-5-18)31-24-20(3-2-10-26-24)21-15-30-14-11-25-21/h2-7,10,16-17,21-22,25H,8-9,11-15H2,1H3,(H,27,29)/t16-,21?,22-/m0/s1. The number of amides is 1. The molecule has 3 atom stereocenters. The Balaban J connectivity index is 1.25. The minimum atomic E-state index is -0.0146. The summed E-state index contributed by atoms with van der Waals surface area (Å²) in [5.74, 6) is 1.79. The van der Waals surface area contributed by atoms with Crippen LogP contribution in [0.4, 0.5) is 0 Å². The number of piperidine rings is 3. The van der Waals surface area contributed by atoms with Gasteiger partial charge in [-0.05, 0) is 69.1 Å². The van der Waals surface area contributed by atoms with Gasteiger partial charge < -0.3 is 20.1 Å². The molecule has 0 spiro atoms. The lowest BCUT2D eigenvalue weighted by molar-refractivity contribution is 0.0217. The fraction of sp³-hybridized carbons (Fsp3) is 0.500. The predicted molar refractivity (Wildman–Crippen MR) is 117 cm³/mol. The fourth-order valence-corrected chi connectivity index (χ4v) is 5.08. The Labute approximate surface area is 183 Å². The molecule has 0 saturated carbocycles. The molecule has 2 aromatic rings. The Bertz CT molecular complexity index is 903. The zero-order valence-corrected chi connectivity index (χ0v) is 17.9. The van der Waals surface area contributed by atoms with Crippen LogP contribution >= 0.6 is 0 Å². The molecule has 7 nitrogen and oxygen atoms in total. The van der Waals surface area contributed by atoms with Crippen LogP contribution in [-0.2, 0) is 4.74 Å². The lowest BCUT2D eigenvalue weighted by atomic mass is 9.79. The summed E-state index contributed by atoms with van der Waals surface area (Å²) in [6.07, 6.45) is 4.07. The molecule has 0 aliphatic carbocycles. The van der Waals surface area contributed by atoms with E-state index >= 15 is 0 Å². The van der Waals surface area contributed by atoms with Gasteiger partial charge in [-0.15, -0.1) is 0 Å². The minimum absolute atomic E-state index is 0.0146. The maximum atomic E-state index is 12.9. The number of pyridine rings is 1. The third-order valence-electron chi connectivity index (χ3n) is 6.90. The molecule has 31 heavy (non-hydrogen) atoms. The molecule has 1 amide bonds. The number of morpholine rings is 1. The summed E-state index contributed by atoms with van der Waals surface area (Å²) in [7, 11) is 0. The summed E-state index contributed by atoms with van der Waals surface area (Å²) >= 11 is 0. The number of aromatic nitrogens is 1. The van der Waals surface area contributed by atoms with Crippen molar-refractivity contribution in [2.24, 2.45) is 5.92 Å². The molecule has 4 aliphatic rings. The molecular formula is C24H30N4O3. The van der Waals surface area contributed by atoms with E-state index in [9.17, 15) is 4.79 Å². The quantitative estimate of drug-likeness (QED) is 0.772. The first-order chi connectivity index (χ1) is 15.2. The zero-order chi connectivity index (χ0) is 21.2. The van der Waals surface area contributed by atoms with Gasteiger partial charge in [0, 0.05) is 36.0 Å². The Kier molecular flexibility index (Phi) is 5.89. The van der Waals surface area contributed by atoms with Gasteiger partial charge in [-0.3, -0.25) is 9.69 Å². The van der Waals surface area contributed by atoms with Crippen molar-refractivity contribution in [2.45, 2.75) is 37.9 Å². The average Bonchev–Trinajstić information content (AvgIpc) is 2.83. The number of nitrogens with zero attached hydrogens (tertiary/aromatic N) is 2. The van der Waals surface area contributed by atoms with Crippen LogP contribution in [0.3, 0.4) is 0 Å². The van der Waals surface area contributed by atoms with Gasteiger partial charge in [0.25, 0.3) is 5.91 Å². The van der Waals surface area contributed by atoms with Crippen LogP contribution in [0.25, 0.3) is 0 Å². The van der Waals surface area contributed by atoms with Crippen molar-refractivity contribution in [3.05, 3.63) is 53.7 Å². The highest BCUT2D eigenvalue weighted by molar-refractivity contribution is 5.94. The van der Waals surface area contributed by atoms with E-state index in [-0.39, 0.29) is 18.0 Å². The van der Waals surface area contributed by atoms with Crippen LogP contribution in [0.15, 0.2) is 42.6 Å². The first kappa shape index (κ1) is 20.4. The summed E-state index contributed by atoms with van der Waals surface area (Å²) in [5.41, 5.74) is 1.62. The molecule has 1 aromatic carbocycles. The maximum absolute atomic E-state index is 12.9. The molecular weight excluding hydrogens is 392 g/mol. The van der Waals surface area contributed by atoms with Crippen molar-refractivity contribution in [3.8, 4) is 11.6 Å². The molecule has 4 fully saturated rings. The largest absolute Gasteiger partial charge is 0.439 e. The van der Waals surface area contributed by atoms with E-state index in [2.05, 4.69) is 27.4 Å². The average molecular weight is 423 g/mol. The number of ether oxygens (including phenoxy) is 2. The van der Waals surface area contributed by atoms with E-state index in [0.29, 0.717) is 35.8 Å². The van der Waals surface area contributed by atoms with Gasteiger partial charge in [0.2, 0.25) is 5.88 Å². The molecule has 164 valence electrons. The molecule has 6 rings (SSSR count). The third-order valence-corrected chi connectivity index (χ3v) is 6.90. The predicted octanol–water partition coefficient (Wildman–Crippen LogP) is 2.75. The first-order valence-corrected chi connectivity index (χ1v) is 11.3. The second-order valence-electron chi connectivity index (χ2n) is 8.72. The molecule has 4 saturated heterocycles. The van der Waals surface area contributed by atoms with E-state index in [4.69, 9.17) is 9.47 Å². The molecule has 5 heterocycles. The van der Waals surface area contributed by atoms with Crippen molar-refractivity contribution in [2.75, 3.05) is 32.8 Å². The number of benzene rings is 1. The number of carbonyl (C=O) groups is 1. The number of carbonyl (C=O) groups excluding carboxylic acids is 1. The topological polar surface area (TPSA) is 75.7 Å². The van der Waals surface area contributed by atoms with E-state index in [1.807, 2.05) is 36.4 Å². The Morgan fingerprint density at radius 1 is 1.23 bits per heavy atom. The van der Waals surface area contributed by atoms with Gasteiger partial charge in [0.1, 0.15) is 5.75 Å². The Morgan fingerprint density at radius 3 is 2.74 bits per heavy atom. The zero-order valence-electron chi connectivity index (χ0n) is 17.9. The second kappa shape index (κ2) is 8.94. The van der Waals surface area contributed by atoms with E-state index in [0.717, 1.165) is 31.8 Å². The summed E-state index contributed by atoms with van der Waals surface area (Å²) in [6, 6.07) is 11.9. The molecule has 7 heteroatoms. The van der Waals surface area contributed by atoms with Crippen LogP contribution < -0.4 is 15.4 Å². The van der Waals surface area contributed by atoms with Crippen molar-refractivity contribution >= 4 is 5.91 Å². The summed E-state index contributed by atoms with van der Waals surface area (Å²) in [4.78, 5) is 19.8. The summed E-state index contributed by atoms with van der Waals surface area (Å²) < 4.78 is 11.6. The molecule has 2 bridgehead atoms. The van der Waals surface area contributed by atoms with Crippen molar-refractivity contribution in [3.63, 3.8) is 0 Å². The van der Waals surface area contributed by atoms with E-state index < -0.39 is 0 Å². The van der Waals surface area contributed by atoms with Gasteiger partial charge in [-0.1, -0.05) is 6.07 Å². The lowest BCUT2D eigenvalue weighted by Gasteiger charge is -2.49. The first-order valence-electron chi connectivity index (χ1n) is 11.3. The van der Waals surface area contributed by atoms with Gasteiger partial charge in [-0.25, -0.2) is 4.98 Å².